The van der Waals surface area contributed by atoms with Crippen molar-refractivity contribution in [3.63, 3.8) is 0 Å². The average molecular weight is 482 g/mol. The third-order valence-electron chi connectivity index (χ3n) is 4.39. The van der Waals surface area contributed by atoms with Crippen LogP contribution in [-0.4, -0.2) is 32.6 Å². The molecule has 0 radical (unpaired) electrons. The lowest BCUT2D eigenvalue weighted by atomic mass is 10.2. The molecule has 0 aliphatic heterocycles. The lowest BCUT2D eigenvalue weighted by Crippen LogP contribution is -2.20. The van der Waals surface area contributed by atoms with E-state index >= 15 is 0 Å². The zero-order valence-electron chi connectivity index (χ0n) is 16.7. The number of rotatable bonds is 7. The molecule has 1 amide bonds. The molecule has 0 aliphatic rings. The minimum atomic E-state index is -0.293. The third-order valence-corrected chi connectivity index (χ3v) is 5.98. The van der Waals surface area contributed by atoms with Gasteiger partial charge in [0.25, 0.3) is 5.91 Å². The molecule has 0 bridgehead atoms. The summed E-state index contributed by atoms with van der Waals surface area (Å²) in [5.41, 5.74) is 4.87. The molecule has 3 aromatic carbocycles. The van der Waals surface area contributed by atoms with Crippen LogP contribution in [-0.2, 0) is 4.79 Å². The molecular weight excluding hydrogens is 465 g/mol. The van der Waals surface area contributed by atoms with Gasteiger partial charge in [-0.05, 0) is 24.3 Å². The summed E-state index contributed by atoms with van der Waals surface area (Å²) in [5.74, 6) is 0.511. The first kappa shape index (κ1) is 22.1. The molecule has 0 saturated carbocycles. The van der Waals surface area contributed by atoms with Crippen molar-refractivity contribution >= 4 is 47.1 Å². The lowest BCUT2D eigenvalue weighted by molar-refractivity contribution is -0.118. The van der Waals surface area contributed by atoms with E-state index in [4.69, 9.17) is 23.2 Å². The van der Waals surface area contributed by atoms with Crippen LogP contribution in [0.15, 0.2) is 89.1 Å². The van der Waals surface area contributed by atoms with Gasteiger partial charge in [-0.3, -0.25) is 9.36 Å². The van der Waals surface area contributed by atoms with E-state index < -0.39 is 0 Å². The van der Waals surface area contributed by atoms with Crippen LogP contribution in [0.2, 0.25) is 10.0 Å². The monoisotopic (exact) mass is 481 g/mol. The number of benzene rings is 3. The number of hydrazone groups is 1. The molecule has 0 saturated heterocycles. The van der Waals surface area contributed by atoms with E-state index in [1.807, 2.05) is 65.2 Å². The summed E-state index contributed by atoms with van der Waals surface area (Å²) in [6.07, 6.45) is 1.42. The summed E-state index contributed by atoms with van der Waals surface area (Å²) >= 11 is 13.5. The Labute approximate surface area is 199 Å². The van der Waals surface area contributed by atoms with Crippen LogP contribution in [0.1, 0.15) is 5.56 Å². The number of para-hydroxylation sites is 1. The highest BCUT2D eigenvalue weighted by Crippen LogP contribution is 2.27. The molecule has 4 rings (SSSR count). The van der Waals surface area contributed by atoms with Gasteiger partial charge in [0.1, 0.15) is 0 Å². The number of hydrogen-bond acceptors (Lipinski definition) is 5. The predicted octanol–water partition coefficient (Wildman–Crippen LogP) is 5.48. The van der Waals surface area contributed by atoms with E-state index in [1.165, 1.54) is 18.0 Å². The Morgan fingerprint density at radius 3 is 2.28 bits per heavy atom. The van der Waals surface area contributed by atoms with Gasteiger partial charge in [0.15, 0.2) is 11.0 Å². The summed E-state index contributed by atoms with van der Waals surface area (Å²) in [5, 5.41) is 14.1. The standard InChI is InChI=1S/C23H17Cl2N5OS/c24-19-12-7-13-20(25)18(19)14-26-27-21(31)15-32-23-29-28-22(16-8-3-1-4-9-16)30(23)17-10-5-2-6-11-17/h1-14H,15H2,(H,27,31). The van der Waals surface area contributed by atoms with Gasteiger partial charge in [-0.15, -0.1) is 10.2 Å². The number of nitrogens with zero attached hydrogens (tertiary/aromatic N) is 4. The van der Waals surface area contributed by atoms with Gasteiger partial charge in [0.05, 0.1) is 22.0 Å². The SMILES string of the molecule is O=C(CSc1nnc(-c2ccccc2)n1-c1ccccc1)NN=Cc1c(Cl)cccc1Cl. The third kappa shape index (κ3) is 5.19. The fourth-order valence-corrected chi connectivity index (χ4v) is 4.15. The summed E-state index contributed by atoms with van der Waals surface area (Å²) < 4.78 is 1.93. The molecule has 0 aliphatic carbocycles. The molecule has 1 N–H and O–H groups in total. The number of carbonyl (C=O) groups is 1. The molecule has 9 heteroatoms. The zero-order valence-corrected chi connectivity index (χ0v) is 19.0. The number of thioether (sulfide) groups is 1. The normalized spacial score (nSPS) is 11.1. The van der Waals surface area contributed by atoms with E-state index in [1.54, 1.807) is 18.2 Å². The van der Waals surface area contributed by atoms with Crippen LogP contribution in [0.5, 0.6) is 0 Å². The first-order valence-corrected chi connectivity index (χ1v) is 11.3. The van der Waals surface area contributed by atoms with Crippen LogP contribution in [0.3, 0.4) is 0 Å². The van der Waals surface area contributed by atoms with E-state index in [0.29, 0.717) is 26.6 Å². The molecular formula is C23H17Cl2N5OS. The molecule has 0 atom stereocenters. The largest absolute Gasteiger partial charge is 0.272 e. The number of hydrogen-bond donors (Lipinski definition) is 1. The van der Waals surface area contributed by atoms with Gasteiger partial charge in [0, 0.05) is 16.8 Å². The average Bonchev–Trinajstić information content (AvgIpc) is 3.25. The molecule has 4 aromatic rings. The van der Waals surface area contributed by atoms with Crippen molar-refractivity contribution in [3.8, 4) is 17.1 Å². The molecule has 160 valence electrons. The van der Waals surface area contributed by atoms with Crippen LogP contribution in [0.25, 0.3) is 17.1 Å². The Kier molecular flexibility index (Phi) is 7.21. The number of carbonyl (C=O) groups excluding carboxylic acids is 1. The van der Waals surface area contributed by atoms with Crippen molar-refractivity contribution < 1.29 is 4.79 Å². The second-order valence-electron chi connectivity index (χ2n) is 6.56. The maximum absolute atomic E-state index is 12.3. The van der Waals surface area contributed by atoms with E-state index in [2.05, 4.69) is 20.7 Å². The Hall–Kier alpha value is -3.13. The minimum Gasteiger partial charge on any atom is -0.272 e. The second-order valence-corrected chi connectivity index (χ2v) is 8.32. The smallest absolute Gasteiger partial charge is 0.250 e. The summed E-state index contributed by atoms with van der Waals surface area (Å²) in [7, 11) is 0. The van der Waals surface area contributed by atoms with Gasteiger partial charge in [0.2, 0.25) is 0 Å². The number of halogens is 2. The first-order valence-electron chi connectivity index (χ1n) is 9.58. The van der Waals surface area contributed by atoms with Crippen LogP contribution in [0, 0.1) is 0 Å². The summed E-state index contributed by atoms with van der Waals surface area (Å²) in [4.78, 5) is 12.3. The highest BCUT2D eigenvalue weighted by atomic mass is 35.5. The van der Waals surface area contributed by atoms with Crippen molar-refractivity contribution in [1.29, 1.82) is 0 Å². The highest BCUT2D eigenvalue weighted by molar-refractivity contribution is 7.99. The molecule has 32 heavy (non-hydrogen) atoms. The lowest BCUT2D eigenvalue weighted by Gasteiger charge is -2.10. The van der Waals surface area contributed by atoms with Crippen molar-refractivity contribution in [2.75, 3.05) is 5.75 Å². The fraction of sp³-hybridized carbons (Fsp3) is 0.0435. The van der Waals surface area contributed by atoms with Crippen LogP contribution >= 0.6 is 35.0 Å². The number of aromatic nitrogens is 3. The number of nitrogens with one attached hydrogen (secondary N) is 1. The summed E-state index contributed by atoms with van der Waals surface area (Å²) in [6.45, 7) is 0. The Morgan fingerprint density at radius 1 is 0.938 bits per heavy atom. The quantitative estimate of drug-likeness (QED) is 0.215. The molecule has 0 unspecified atom stereocenters. The Balaban J connectivity index is 1.49. The van der Waals surface area contributed by atoms with Crippen LogP contribution < -0.4 is 5.43 Å². The minimum absolute atomic E-state index is 0.105. The zero-order chi connectivity index (χ0) is 22.3. The molecule has 0 fully saturated rings. The predicted molar refractivity (Wildman–Crippen MR) is 130 cm³/mol. The molecule has 1 aromatic heterocycles. The van der Waals surface area contributed by atoms with Gasteiger partial charge in [-0.25, -0.2) is 5.43 Å². The Morgan fingerprint density at radius 2 is 1.59 bits per heavy atom. The fourth-order valence-electron chi connectivity index (χ4n) is 2.91. The second kappa shape index (κ2) is 10.5. The Bertz CT molecular complexity index is 1230. The van der Waals surface area contributed by atoms with Gasteiger partial charge < -0.3 is 0 Å². The van der Waals surface area contributed by atoms with E-state index in [0.717, 1.165) is 11.3 Å². The molecule has 1 heterocycles. The number of amides is 1. The van der Waals surface area contributed by atoms with E-state index in [9.17, 15) is 4.79 Å². The molecule has 6 nitrogen and oxygen atoms in total. The topological polar surface area (TPSA) is 72.2 Å². The van der Waals surface area contributed by atoms with Crippen molar-refractivity contribution in [1.82, 2.24) is 20.2 Å². The highest BCUT2D eigenvalue weighted by Gasteiger charge is 2.17. The first-order chi connectivity index (χ1) is 15.6. The van der Waals surface area contributed by atoms with E-state index in [-0.39, 0.29) is 11.7 Å². The van der Waals surface area contributed by atoms with Crippen molar-refractivity contribution in [2.24, 2.45) is 5.10 Å². The van der Waals surface area contributed by atoms with Crippen LogP contribution in [0.4, 0.5) is 0 Å². The summed E-state index contributed by atoms with van der Waals surface area (Å²) in [6, 6.07) is 24.7. The maximum Gasteiger partial charge on any atom is 0.250 e. The maximum atomic E-state index is 12.3. The van der Waals surface area contributed by atoms with Gasteiger partial charge >= 0.3 is 0 Å². The van der Waals surface area contributed by atoms with Gasteiger partial charge in [-0.1, -0.05) is 89.6 Å². The van der Waals surface area contributed by atoms with Gasteiger partial charge in [-0.2, -0.15) is 5.10 Å². The molecule has 0 spiro atoms. The van der Waals surface area contributed by atoms with Crippen molar-refractivity contribution in [2.45, 2.75) is 5.16 Å². The van der Waals surface area contributed by atoms with Crippen molar-refractivity contribution in [3.05, 3.63) is 94.5 Å².